The van der Waals surface area contributed by atoms with Gasteiger partial charge in [-0.15, -0.1) is 0 Å². The van der Waals surface area contributed by atoms with Gasteiger partial charge in [-0.25, -0.2) is 0 Å². The van der Waals surface area contributed by atoms with E-state index in [4.69, 9.17) is 51.8 Å². The van der Waals surface area contributed by atoms with Crippen LogP contribution in [-0.4, -0.2) is 35.3 Å². The van der Waals surface area contributed by atoms with Crippen molar-refractivity contribution in [2.75, 3.05) is 20.2 Å². The second-order valence-corrected chi connectivity index (χ2v) is 7.83. The number of halogens is 3. The standard InChI is InChI=1S/C19H19Cl3N2O2S/c1-26-18-16(22)13-7-9-24(10-14(13)15(21)17(18)25)19(27)23-8-6-11-2-4-12(20)5-3-11/h2-5,25H,6-10H2,1H3,(H,23,27). The Kier molecular flexibility index (Phi) is 6.58. The Morgan fingerprint density at radius 2 is 1.89 bits per heavy atom. The minimum Gasteiger partial charge on any atom is -0.503 e. The van der Waals surface area contributed by atoms with E-state index in [0.29, 0.717) is 36.2 Å². The number of phenolic OH excluding ortho intramolecular Hbond substituents is 1. The van der Waals surface area contributed by atoms with Crippen LogP contribution < -0.4 is 10.1 Å². The smallest absolute Gasteiger partial charge is 0.181 e. The Balaban J connectivity index is 1.65. The fraction of sp³-hybridized carbons (Fsp3) is 0.316. The molecule has 4 nitrogen and oxygen atoms in total. The van der Waals surface area contributed by atoms with Gasteiger partial charge in [0, 0.05) is 24.7 Å². The van der Waals surface area contributed by atoms with Gasteiger partial charge in [0.2, 0.25) is 0 Å². The SMILES string of the molecule is COc1c(O)c(Cl)c2c(c1Cl)CCN(C(=S)NCCc1ccc(Cl)cc1)C2. The Hall–Kier alpha value is -1.40. The highest BCUT2D eigenvalue weighted by Crippen LogP contribution is 2.46. The van der Waals surface area contributed by atoms with E-state index in [2.05, 4.69) is 5.32 Å². The van der Waals surface area contributed by atoms with Crippen molar-refractivity contribution in [3.05, 3.63) is 56.0 Å². The highest BCUT2D eigenvalue weighted by atomic mass is 35.5. The summed E-state index contributed by atoms with van der Waals surface area (Å²) < 4.78 is 5.17. The fourth-order valence-electron chi connectivity index (χ4n) is 3.13. The second kappa shape index (κ2) is 8.74. The lowest BCUT2D eigenvalue weighted by molar-refractivity contribution is 0.362. The minimum atomic E-state index is -0.133. The van der Waals surface area contributed by atoms with Crippen molar-refractivity contribution >= 4 is 52.1 Å². The van der Waals surface area contributed by atoms with Crippen molar-refractivity contribution in [1.82, 2.24) is 10.2 Å². The number of phenols is 1. The molecule has 1 aliphatic heterocycles. The van der Waals surface area contributed by atoms with E-state index in [9.17, 15) is 5.11 Å². The molecule has 0 saturated carbocycles. The van der Waals surface area contributed by atoms with Gasteiger partial charge in [0.1, 0.15) is 0 Å². The number of hydrogen-bond acceptors (Lipinski definition) is 3. The molecular weight excluding hydrogens is 427 g/mol. The molecule has 0 bridgehead atoms. The maximum absolute atomic E-state index is 10.2. The maximum Gasteiger partial charge on any atom is 0.181 e. The van der Waals surface area contributed by atoms with E-state index >= 15 is 0 Å². The summed E-state index contributed by atoms with van der Waals surface area (Å²) in [7, 11) is 1.46. The number of fused-ring (bicyclic) bond motifs is 1. The third kappa shape index (κ3) is 4.37. The van der Waals surface area contributed by atoms with Crippen LogP contribution in [0.15, 0.2) is 24.3 Å². The average molecular weight is 446 g/mol. The Morgan fingerprint density at radius 3 is 2.56 bits per heavy atom. The van der Waals surface area contributed by atoms with Crippen LogP contribution in [0.5, 0.6) is 11.5 Å². The number of nitrogens with zero attached hydrogens (tertiary/aromatic N) is 1. The van der Waals surface area contributed by atoms with E-state index in [-0.39, 0.29) is 16.5 Å². The lowest BCUT2D eigenvalue weighted by atomic mass is 9.98. The van der Waals surface area contributed by atoms with E-state index in [1.165, 1.54) is 12.7 Å². The highest BCUT2D eigenvalue weighted by molar-refractivity contribution is 7.80. The van der Waals surface area contributed by atoms with E-state index in [0.717, 1.165) is 22.6 Å². The minimum absolute atomic E-state index is 0.133. The van der Waals surface area contributed by atoms with Crippen LogP contribution in [0.2, 0.25) is 15.1 Å². The monoisotopic (exact) mass is 444 g/mol. The predicted molar refractivity (Wildman–Crippen MR) is 115 cm³/mol. The van der Waals surface area contributed by atoms with Gasteiger partial charge in [-0.1, -0.05) is 46.9 Å². The zero-order valence-corrected chi connectivity index (χ0v) is 17.8. The van der Waals surface area contributed by atoms with Crippen LogP contribution in [0.1, 0.15) is 16.7 Å². The van der Waals surface area contributed by atoms with Crippen LogP contribution in [0.25, 0.3) is 0 Å². The fourth-order valence-corrected chi connectivity index (χ4v) is 4.15. The first-order valence-electron chi connectivity index (χ1n) is 8.45. The lowest BCUT2D eigenvalue weighted by Crippen LogP contribution is -2.43. The normalized spacial score (nSPS) is 13.3. The molecule has 8 heteroatoms. The number of hydrogen-bond donors (Lipinski definition) is 2. The number of aromatic hydroxyl groups is 1. The van der Waals surface area contributed by atoms with Crippen molar-refractivity contribution in [3.8, 4) is 11.5 Å². The molecular formula is C19H19Cl3N2O2S. The molecule has 1 aliphatic rings. The number of rotatable bonds is 4. The van der Waals surface area contributed by atoms with Crippen molar-refractivity contribution < 1.29 is 9.84 Å². The molecule has 2 aromatic carbocycles. The van der Waals surface area contributed by atoms with Crippen molar-refractivity contribution in [2.24, 2.45) is 0 Å². The van der Waals surface area contributed by atoms with E-state index in [1.54, 1.807) is 0 Å². The number of benzene rings is 2. The summed E-state index contributed by atoms with van der Waals surface area (Å²) in [4.78, 5) is 2.02. The van der Waals surface area contributed by atoms with Crippen LogP contribution in [0.4, 0.5) is 0 Å². The summed E-state index contributed by atoms with van der Waals surface area (Å²) >= 11 is 24.1. The lowest BCUT2D eigenvalue weighted by Gasteiger charge is -2.32. The summed E-state index contributed by atoms with van der Waals surface area (Å²) in [5, 5.41) is 15.6. The maximum atomic E-state index is 10.2. The molecule has 2 aromatic rings. The molecule has 0 atom stereocenters. The van der Waals surface area contributed by atoms with Crippen molar-refractivity contribution in [2.45, 2.75) is 19.4 Å². The van der Waals surface area contributed by atoms with Crippen molar-refractivity contribution in [1.29, 1.82) is 0 Å². The molecule has 144 valence electrons. The van der Waals surface area contributed by atoms with Crippen LogP contribution in [0, 0.1) is 0 Å². The summed E-state index contributed by atoms with van der Waals surface area (Å²) in [5.74, 6) is 0.0870. The van der Waals surface area contributed by atoms with E-state index in [1.807, 2.05) is 29.2 Å². The molecule has 0 aromatic heterocycles. The van der Waals surface area contributed by atoms with Gasteiger partial charge in [0.25, 0.3) is 0 Å². The van der Waals surface area contributed by atoms with Crippen LogP contribution >= 0.6 is 47.0 Å². The average Bonchev–Trinajstić information content (AvgIpc) is 2.67. The Bertz CT molecular complexity index is 859. The van der Waals surface area contributed by atoms with Gasteiger partial charge in [-0.2, -0.15) is 0 Å². The van der Waals surface area contributed by atoms with Gasteiger partial charge in [-0.3, -0.25) is 0 Å². The zero-order chi connectivity index (χ0) is 19.6. The molecule has 3 rings (SSSR count). The topological polar surface area (TPSA) is 44.7 Å². The highest BCUT2D eigenvalue weighted by Gasteiger charge is 2.28. The van der Waals surface area contributed by atoms with Gasteiger partial charge in [-0.05, 0) is 53.9 Å². The largest absolute Gasteiger partial charge is 0.503 e. The first-order chi connectivity index (χ1) is 12.9. The third-order valence-electron chi connectivity index (χ3n) is 4.59. The Labute approximate surface area is 179 Å². The summed E-state index contributed by atoms with van der Waals surface area (Å²) in [6.45, 7) is 1.91. The quantitative estimate of drug-likeness (QED) is 0.660. The predicted octanol–water partition coefficient (Wildman–Crippen LogP) is 4.84. The van der Waals surface area contributed by atoms with Crippen LogP contribution in [0.3, 0.4) is 0 Å². The molecule has 0 unspecified atom stereocenters. The second-order valence-electron chi connectivity index (χ2n) is 6.25. The van der Waals surface area contributed by atoms with Gasteiger partial charge < -0.3 is 20.1 Å². The van der Waals surface area contributed by atoms with Crippen LogP contribution in [-0.2, 0) is 19.4 Å². The first-order valence-corrected chi connectivity index (χ1v) is 9.99. The number of nitrogens with one attached hydrogen (secondary N) is 1. The molecule has 27 heavy (non-hydrogen) atoms. The van der Waals surface area contributed by atoms with Gasteiger partial charge in [0.05, 0.1) is 17.2 Å². The molecule has 0 radical (unpaired) electrons. The van der Waals surface area contributed by atoms with Crippen molar-refractivity contribution in [3.63, 3.8) is 0 Å². The molecule has 0 amide bonds. The summed E-state index contributed by atoms with van der Waals surface area (Å²) in [6, 6.07) is 7.76. The molecule has 0 fully saturated rings. The first kappa shape index (κ1) is 20.3. The summed E-state index contributed by atoms with van der Waals surface area (Å²) in [6.07, 6.45) is 1.51. The third-order valence-corrected chi connectivity index (χ3v) is 6.05. The van der Waals surface area contributed by atoms with Gasteiger partial charge in [0.15, 0.2) is 16.6 Å². The number of ether oxygens (including phenoxy) is 1. The zero-order valence-electron chi connectivity index (χ0n) is 14.7. The molecule has 0 saturated heterocycles. The van der Waals surface area contributed by atoms with E-state index < -0.39 is 0 Å². The Morgan fingerprint density at radius 1 is 1.19 bits per heavy atom. The number of thiocarbonyl (C=S) groups is 1. The molecule has 2 N–H and O–H groups in total. The number of methoxy groups -OCH3 is 1. The summed E-state index contributed by atoms with van der Waals surface area (Å²) in [5.41, 5.74) is 2.87. The molecule has 0 spiro atoms. The molecule has 0 aliphatic carbocycles. The molecule has 1 heterocycles. The van der Waals surface area contributed by atoms with Gasteiger partial charge >= 0.3 is 0 Å².